The van der Waals surface area contributed by atoms with Crippen molar-refractivity contribution in [2.75, 3.05) is 0 Å². The Morgan fingerprint density at radius 3 is 1.42 bits per heavy atom. The normalized spacial score (nSPS) is 12.3. The van der Waals surface area contributed by atoms with Crippen molar-refractivity contribution >= 4 is 145 Å². The Morgan fingerprint density at radius 2 is 0.785 bits per heavy atom. The maximum atomic E-state index is 7.47. The first-order valence-electron chi connectivity index (χ1n) is 21.8. The van der Waals surface area contributed by atoms with Gasteiger partial charge in [0.1, 0.15) is 11.2 Å². The van der Waals surface area contributed by atoms with Gasteiger partial charge in [-0.25, -0.2) is 0 Å². The number of hydrogen-bond acceptors (Lipinski definition) is 6. The third-order valence-corrected chi connectivity index (χ3v) is 22.0. The molecule has 0 amide bonds. The molecule has 0 spiro atoms. The largest absolute Gasteiger partial charge is 0.455 e. The highest BCUT2D eigenvalue weighted by atomic mass is 32.1. The van der Waals surface area contributed by atoms with Gasteiger partial charge in [0.25, 0.3) is 0 Å². The van der Waals surface area contributed by atoms with E-state index in [2.05, 4.69) is 194 Å². The predicted octanol–water partition coefficient (Wildman–Crippen LogP) is 14.2. The molecule has 7 heteroatoms. The lowest BCUT2D eigenvalue weighted by Crippen LogP contribution is -2.74. The molecule has 0 aliphatic heterocycles. The van der Waals surface area contributed by atoms with Gasteiger partial charge in [0, 0.05) is 85.4 Å². The molecule has 14 rings (SSSR count). The van der Waals surface area contributed by atoms with E-state index in [-0.39, 0.29) is 0 Å². The van der Waals surface area contributed by atoms with Crippen molar-refractivity contribution in [2.24, 2.45) is 0 Å². The molecule has 0 radical (unpaired) electrons. The molecule has 65 heavy (non-hydrogen) atoms. The van der Waals surface area contributed by atoms with Crippen LogP contribution >= 0.6 is 34.0 Å². The van der Waals surface area contributed by atoms with Crippen molar-refractivity contribution in [3.63, 3.8) is 0 Å². The van der Waals surface area contributed by atoms with Crippen LogP contribution in [0.3, 0.4) is 0 Å². The zero-order valence-corrected chi connectivity index (χ0v) is 38.1. The van der Waals surface area contributed by atoms with E-state index in [1.54, 1.807) is 11.3 Å². The maximum absolute atomic E-state index is 7.47. The molecule has 14 aromatic rings. The number of furan rings is 1. The SMILES string of the molecule is c1ccc([Si](c2ccccc2)(c2cccc3c2oc2c(-c4nccc5c4sc4ccccc45)cccc23)c2cccc3c2sc2c(-c4nccc5c4sc4ccccc45)cccc23)cc1. The van der Waals surface area contributed by atoms with Crippen LogP contribution in [0, 0.1) is 0 Å². The number of thiophene rings is 3. The van der Waals surface area contributed by atoms with E-state index in [0.717, 1.165) is 38.9 Å². The number of nitrogens with zero attached hydrogens (tertiary/aromatic N) is 2. The molecule has 0 aliphatic carbocycles. The smallest absolute Gasteiger partial charge is 0.185 e. The van der Waals surface area contributed by atoms with Crippen molar-refractivity contribution in [3.05, 3.63) is 207 Å². The molecule has 0 aliphatic rings. The summed E-state index contributed by atoms with van der Waals surface area (Å²) in [5.74, 6) is 0. The van der Waals surface area contributed by atoms with Crippen LogP contribution in [0.25, 0.3) is 105 Å². The zero-order valence-electron chi connectivity index (χ0n) is 34.7. The first-order valence-corrected chi connectivity index (χ1v) is 26.2. The Balaban J connectivity index is 1.07. The second-order valence-electron chi connectivity index (χ2n) is 16.7. The highest BCUT2D eigenvalue weighted by molar-refractivity contribution is 7.31. The Kier molecular flexibility index (Phi) is 8.21. The highest BCUT2D eigenvalue weighted by Gasteiger charge is 2.45. The summed E-state index contributed by atoms with van der Waals surface area (Å²) in [5.41, 5.74) is 5.97. The van der Waals surface area contributed by atoms with Crippen molar-refractivity contribution in [3.8, 4) is 22.5 Å². The van der Waals surface area contributed by atoms with Crippen LogP contribution in [-0.4, -0.2) is 18.0 Å². The Labute approximate surface area is 386 Å². The van der Waals surface area contributed by atoms with Gasteiger partial charge in [-0.2, -0.15) is 0 Å². The summed E-state index contributed by atoms with van der Waals surface area (Å²) in [4.78, 5) is 10.2. The molecule has 0 atom stereocenters. The van der Waals surface area contributed by atoms with Gasteiger partial charge < -0.3 is 4.42 Å². The second kappa shape index (κ2) is 14.4. The summed E-state index contributed by atoms with van der Waals surface area (Å²) in [6, 6.07) is 71.3. The molecule has 6 heterocycles. The van der Waals surface area contributed by atoms with Gasteiger partial charge in [-0.05, 0) is 51.1 Å². The lowest BCUT2D eigenvalue weighted by Gasteiger charge is -2.34. The third-order valence-electron chi connectivity index (χ3n) is 13.4. The van der Waals surface area contributed by atoms with Crippen LogP contribution in [0.15, 0.2) is 211 Å². The van der Waals surface area contributed by atoms with E-state index < -0.39 is 8.07 Å². The van der Waals surface area contributed by atoms with Gasteiger partial charge >= 0.3 is 0 Å². The first-order chi connectivity index (χ1) is 32.3. The van der Waals surface area contributed by atoms with E-state index in [0.29, 0.717) is 0 Å². The van der Waals surface area contributed by atoms with Crippen molar-refractivity contribution < 1.29 is 4.42 Å². The molecular formula is C58H34N2OS3Si. The number of rotatable bonds is 6. The fraction of sp³-hybridized carbons (Fsp3) is 0. The number of fused-ring (bicyclic) bond motifs is 12. The highest BCUT2D eigenvalue weighted by Crippen LogP contribution is 2.46. The molecular weight excluding hydrogens is 865 g/mol. The molecule has 8 aromatic carbocycles. The summed E-state index contributed by atoms with van der Waals surface area (Å²) in [6.07, 6.45) is 3.93. The summed E-state index contributed by atoms with van der Waals surface area (Å²) in [7, 11) is -3.19. The third kappa shape index (κ3) is 5.32. The van der Waals surface area contributed by atoms with E-state index in [9.17, 15) is 0 Å². The molecule has 0 N–H and O–H groups in total. The van der Waals surface area contributed by atoms with Crippen molar-refractivity contribution in [1.29, 1.82) is 0 Å². The monoisotopic (exact) mass is 898 g/mol. The van der Waals surface area contributed by atoms with Crippen LogP contribution in [0.4, 0.5) is 0 Å². The van der Waals surface area contributed by atoms with Crippen LogP contribution in [0.5, 0.6) is 0 Å². The van der Waals surface area contributed by atoms with Gasteiger partial charge in [0.2, 0.25) is 0 Å². The van der Waals surface area contributed by atoms with Gasteiger partial charge in [-0.1, -0.05) is 164 Å². The fourth-order valence-corrected chi connectivity index (χ4v) is 19.8. The van der Waals surface area contributed by atoms with Gasteiger partial charge in [-0.15, -0.1) is 34.0 Å². The molecule has 6 aromatic heterocycles. The average molecular weight is 899 g/mol. The minimum Gasteiger partial charge on any atom is -0.455 e. The lowest BCUT2D eigenvalue weighted by molar-refractivity contribution is 0.672. The Bertz CT molecular complexity index is 3930. The van der Waals surface area contributed by atoms with Crippen LogP contribution < -0.4 is 20.7 Å². The zero-order chi connectivity index (χ0) is 42.6. The predicted molar refractivity (Wildman–Crippen MR) is 282 cm³/mol. The summed E-state index contributed by atoms with van der Waals surface area (Å²) >= 11 is 5.55. The number of benzene rings is 8. The fourth-order valence-electron chi connectivity index (χ4n) is 10.6. The average Bonchev–Trinajstić information content (AvgIpc) is 4.16. The van der Waals surface area contributed by atoms with Gasteiger partial charge in [0.05, 0.1) is 20.8 Å². The van der Waals surface area contributed by atoms with Crippen LogP contribution in [0.2, 0.25) is 0 Å². The van der Waals surface area contributed by atoms with Gasteiger partial charge in [-0.3, -0.25) is 9.97 Å². The number of hydrogen-bond donors (Lipinski definition) is 0. The minimum atomic E-state index is -3.19. The van der Waals surface area contributed by atoms with E-state index in [1.807, 2.05) is 35.1 Å². The molecule has 3 nitrogen and oxygen atoms in total. The second-order valence-corrected chi connectivity index (χ2v) is 23.5. The van der Waals surface area contributed by atoms with E-state index in [1.165, 1.54) is 86.8 Å². The van der Waals surface area contributed by atoms with Crippen LogP contribution in [0.1, 0.15) is 0 Å². The Hall–Kier alpha value is -7.26. The minimum absolute atomic E-state index is 0.865. The molecule has 0 saturated heterocycles. The van der Waals surface area contributed by atoms with E-state index in [4.69, 9.17) is 14.4 Å². The number of pyridine rings is 2. The summed E-state index contributed by atoms with van der Waals surface area (Å²) in [6.45, 7) is 0. The summed E-state index contributed by atoms with van der Waals surface area (Å²) in [5, 5.41) is 14.9. The van der Waals surface area contributed by atoms with Gasteiger partial charge in [0.15, 0.2) is 8.07 Å². The van der Waals surface area contributed by atoms with E-state index >= 15 is 0 Å². The molecule has 0 bridgehead atoms. The van der Waals surface area contributed by atoms with Crippen molar-refractivity contribution in [1.82, 2.24) is 9.97 Å². The van der Waals surface area contributed by atoms with Crippen molar-refractivity contribution in [2.45, 2.75) is 0 Å². The standard InChI is InChI=1S/C58H34N2OS3Si/c1-3-15-35(16-4-1)65(36-17-5-2-6-18-36,49-29-13-22-40-39-21-11-25-45(53(39)61-54(40)49)51-57-43(31-33-59-51)37-19-7-9-27-47(37)62-57)50-30-14-24-42-41-23-12-26-46(55(41)64-56(42)50)52-58-44(32-34-60-52)38-20-8-10-28-48(38)63-58/h1-34H. The maximum Gasteiger partial charge on any atom is 0.185 e. The molecule has 0 fully saturated rings. The molecule has 0 saturated carbocycles. The topological polar surface area (TPSA) is 38.9 Å². The number of aromatic nitrogens is 2. The number of para-hydroxylation sites is 2. The quantitative estimate of drug-likeness (QED) is 0.123. The molecule has 304 valence electrons. The molecule has 0 unspecified atom stereocenters. The Morgan fingerprint density at radius 1 is 0.323 bits per heavy atom. The van der Waals surface area contributed by atoms with Crippen LogP contribution in [-0.2, 0) is 0 Å². The lowest BCUT2D eigenvalue weighted by atomic mass is 10.0. The summed E-state index contributed by atoms with van der Waals surface area (Å²) < 4.78 is 15.0. The first kappa shape index (κ1) is 37.1.